The fourth-order valence-electron chi connectivity index (χ4n) is 2.68. The van der Waals surface area contributed by atoms with Crippen molar-refractivity contribution in [3.63, 3.8) is 0 Å². The summed E-state index contributed by atoms with van der Waals surface area (Å²) in [6.45, 7) is 2.64. The Morgan fingerprint density at radius 2 is 1.27 bits per heavy atom. The van der Waals surface area contributed by atoms with Crippen LogP contribution in [0.5, 0.6) is 0 Å². The highest BCUT2D eigenvalue weighted by Crippen LogP contribution is 2.08. The van der Waals surface area contributed by atoms with Crippen LogP contribution < -0.4 is 5.32 Å². The Bertz CT molecular complexity index is 402. The molecular formula is C22H39NO3. The molecule has 0 atom stereocenters. The number of amides is 1. The van der Waals surface area contributed by atoms with Crippen molar-refractivity contribution in [3.05, 3.63) is 24.3 Å². The van der Waals surface area contributed by atoms with Crippen LogP contribution in [0.3, 0.4) is 0 Å². The first-order valence-electron chi connectivity index (χ1n) is 10.4. The molecule has 0 aliphatic heterocycles. The lowest BCUT2D eigenvalue weighted by molar-refractivity contribution is -0.137. The number of unbranched alkanes of at least 4 members (excludes halogenated alkanes) is 8. The third kappa shape index (κ3) is 20.5. The monoisotopic (exact) mass is 365 g/mol. The molecule has 0 aliphatic carbocycles. The largest absolute Gasteiger partial charge is 0.481 e. The summed E-state index contributed by atoms with van der Waals surface area (Å²) in [7, 11) is 0. The molecule has 0 unspecified atom stereocenters. The van der Waals surface area contributed by atoms with E-state index in [1.165, 1.54) is 51.4 Å². The van der Waals surface area contributed by atoms with E-state index in [1.54, 1.807) is 0 Å². The summed E-state index contributed by atoms with van der Waals surface area (Å²) < 4.78 is 0. The van der Waals surface area contributed by atoms with Gasteiger partial charge in [0, 0.05) is 19.4 Å². The minimum Gasteiger partial charge on any atom is -0.481 e. The number of hydrogen-bond donors (Lipinski definition) is 2. The Kier molecular flexibility index (Phi) is 18.5. The third-order valence-corrected chi connectivity index (χ3v) is 4.22. The van der Waals surface area contributed by atoms with E-state index in [2.05, 4.69) is 36.5 Å². The summed E-state index contributed by atoms with van der Waals surface area (Å²) in [5.74, 6) is -0.766. The maximum atomic E-state index is 11.6. The minimum atomic E-state index is -0.811. The zero-order chi connectivity index (χ0) is 19.3. The maximum Gasteiger partial charge on any atom is 0.303 e. The molecule has 1 amide bonds. The molecule has 0 saturated carbocycles. The third-order valence-electron chi connectivity index (χ3n) is 4.22. The van der Waals surface area contributed by atoms with Gasteiger partial charge >= 0.3 is 5.97 Å². The van der Waals surface area contributed by atoms with Crippen LogP contribution in [0, 0.1) is 0 Å². The van der Waals surface area contributed by atoms with Crippen molar-refractivity contribution in [3.8, 4) is 0 Å². The van der Waals surface area contributed by atoms with Crippen molar-refractivity contribution in [1.82, 2.24) is 5.32 Å². The van der Waals surface area contributed by atoms with Gasteiger partial charge in [-0.05, 0) is 57.8 Å². The summed E-state index contributed by atoms with van der Waals surface area (Å²) in [4.78, 5) is 21.9. The van der Waals surface area contributed by atoms with Gasteiger partial charge in [0.2, 0.25) is 5.91 Å². The molecule has 0 fully saturated rings. The molecular weight excluding hydrogens is 326 g/mol. The fraction of sp³-hybridized carbons (Fsp3) is 0.727. The van der Waals surface area contributed by atoms with Crippen molar-refractivity contribution in [2.45, 2.75) is 96.8 Å². The highest BCUT2D eigenvalue weighted by Gasteiger charge is 2.01. The van der Waals surface area contributed by atoms with Gasteiger partial charge in [-0.15, -0.1) is 0 Å². The van der Waals surface area contributed by atoms with E-state index in [0.717, 1.165) is 19.3 Å². The Balaban J connectivity index is 3.25. The van der Waals surface area contributed by atoms with Crippen LogP contribution in [0.15, 0.2) is 24.3 Å². The molecule has 26 heavy (non-hydrogen) atoms. The van der Waals surface area contributed by atoms with Crippen LogP contribution in [0.2, 0.25) is 0 Å². The van der Waals surface area contributed by atoms with Crippen molar-refractivity contribution in [1.29, 1.82) is 0 Å². The van der Waals surface area contributed by atoms with Gasteiger partial charge in [-0.2, -0.15) is 0 Å². The summed E-state index contributed by atoms with van der Waals surface area (Å²) in [5.41, 5.74) is 0. The van der Waals surface area contributed by atoms with Gasteiger partial charge in [0.05, 0.1) is 0 Å². The van der Waals surface area contributed by atoms with Crippen LogP contribution in [0.25, 0.3) is 0 Å². The predicted molar refractivity (Wildman–Crippen MR) is 109 cm³/mol. The van der Waals surface area contributed by atoms with E-state index in [4.69, 9.17) is 5.11 Å². The van der Waals surface area contributed by atoms with Gasteiger partial charge in [-0.25, -0.2) is 0 Å². The van der Waals surface area contributed by atoms with Crippen LogP contribution in [-0.4, -0.2) is 23.5 Å². The lowest BCUT2D eigenvalue weighted by atomic mass is 10.1. The topological polar surface area (TPSA) is 66.4 Å². The molecule has 2 N–H and O–H groups in total. The number of rotatable bonds is 18. The molecule has 150 valence electrons. The normalized spacial score (nSPS) is 11.4. The van der Waals surface area contributed by atoms with Gasteiger partial charge < -0.3 is 10.4 Å². The molecule has 4 heteroatoms. The Hall–Kier alpha value is -1.58. The van der Waals surface area contributed by atoms with Crippen LogP contribution in [0.4, 0.5) is 0 Å². The predicted octanol–water partition coefficient (Wildman–Crippen LogP) is 5.78. The molecule has 0 saturated heterocycles. The molecule has 0 aromatic rings. The van der Waals surface area contributed by atoms with Gasteiger partial charge in [0.1, 0.15) is 0 Å². The summed E-state index contributed by atoms with van der Waals surface area (Å²) >= 11 is 0. The highest BCUT2D eigenvalue weighted by molar-refractivity contribution is 5.75. The molecule has 0 bridgehead atoms. The Labute approximate surface area is 160 Å². The summed E-state index contributed by atoms with van der Waals surface area (Å²) in [6.07, 6.45) is 23.3. The van der Waals surface area contributed by atoms with E-state index >= 15 is 0 Å². The van der Waals surface area contributed by atoms with Crippen molar-refractivity contribution >= 4 is 11.9 Å². The van der Waals surface area contributed by atoms with E-state index < -0.39 is 5.97 Å². The molecule has 0 aromatic heterocycles. The second-order valence-electron chi connectivity index (χ2n) is 6.79. The smallest absolute Gasteiger partial charge is 0.303 e. The fourth-order valence-corrected chi connectivity index (χ4v) is 2.68. The number of hydrogen-bond acceptors (Lipinski definition) is 2. The molecule has 0 rings (SSSR count). The van der Waals surface area contributed by atoms with E-state index in [9.17, 15) is 9.59 Å². The van der Waals surface area contributed by atoms with E-state index in [1.807, 2.05) is 0 Å². The maximum absolute atomic E-state index is 11.6. The standard InChI is InChI=1S/C22H39NO3/c1-2-3-4-5-6-7-8-9-10-11-12-13-14-15-16-18-21(24)23-20-17-19-22(25)26/h3-4,9-10H,2,5-8,11-20H2,1H3,(H,23,24)(H,25,26)/b4-3-,10-9-. The van der Waals surface area contributed by atoms with Crippen molar-refractivity contribution in [2.75, 3.05) is 6.54 Å². The van der Waals surface area contributed by atoms with Gasteiger partial charge in [-0.3, -0.25) is 9.59 Å². The van der Waals surface area contributed by atoms with Crippen LogP contribution in [-0.2, 0) is 9.59 Å². The van der Waals surface area contributed by atoms with Crippen molar-refractivity contribution < 1.29 is 14.7 Å². The van der Waals surface area contributed by atoms with Crippen LogP contribution in [0.1, 0.15) is 96.8 Å². The van der Waals surface area contributed by atoms with Gasteiger partial charge in [-0.1, -0.05) is 50.5 Å². The lowest BCUT2D eigenvalue weighted by Gasteiger charge is -2.04. The van der Waals surface area contributed by atoms with E-state index in [0.29, 0.717) is 19.4 Å². The number of aliphatic carboxylic acids is 1. The number of nitrogens with one attached hydrogen (secondary N) is 1. The average Bonchev–Trinajstić information content (AvgIpc) is 2.62. The summed E-state index contributed by atoms with van der Waals surface area (Å²) in [6, 6.07) is 0. The Morgan fingerprint density at radius 1 is 0.731 bits per heavy atom. The quantitative estimate of drug-likeness (QED) is 0.239. The number of carbonyl (C=O) groups is 2. The number of allylic oxidation sites excluding steroid dienone is 4. The number of carboxylic acids is 1. The molecule has 0 heterocycles. The average molecular weight is 366 g/mol. The van der Waals surface area contributed by atoms with Gasteiger partial charge in [0.25, 0.3) is 0 Å². The number of carboxylic acid groups (broad SMARTS) is 1. The molecule has 0 spiro atoms. The molecule has 4 nitrogen and oxygen atoms in total. The molecule has 0 aliphatic rings. The Morgan fingerprint density at radius 3 is 1.88 bits per heavy atom. The number of carbonyl (C=O) groups excluding carboxylic acids is 1. The second-order valence-corrected chi connectivity index (χ2v) is 6.79. The van der Waals surface area contributed by atoms with Crippen molar-refractivity contribution in [2.24, 2.45) is 0 Å². The van der Waals surface area contributed by atoms with E-state index in [-0.39, 0.29) is 12.3 Å². The lowest BCUT2D eigenvalue weighted by Crippen LogP contribution is -2.24. The van der Waals surface area contributed by atoms with Crippen LogP contribution >= 0.6 is 0 Å². The zero-order valence-corrected chi connectivity index (χ0v) is 16.7. The molecule has 0 radical (unpaired) electrons. The molecule has 0 aromatic carbocycles. The van der Waals surface area contributed by atoms with Gasteiger partial charge in [0.15, 0.2) is 0 Å². The summed E-state index contributed by atoms with van der Waals surface area (Å²) in [5, 5.41) is 11.3. The zero-order valence-electron chi connectivity index (χ0n) is 16.7. The minimum absolute atomic E-state index is 0.0449. The SMILES string of the molecule is CC/C=C\CCCC/C=C\CCCCCCCC(=O)NCCCC(=O)O. The first-order valence-corrected chi connectivity index (χ1v) is 10.4. The first kappa shape index (κ1) is 24.4. The first-order chi connectivity index (χ1) is 12.7. The highest BCUT2D eigenvalue weighted by atomic mass is 16.4. The second kappa shape index (κ2) is 19.7.